The Morgan fingerprint density at radius 2 is 1.50 bits per heavy atom. The van der Waals surface area contributed by atoms with Crippen LogP contribution in [0.2, 0.25) is 0 Å². The second-order valence-electron chi connectivity index (χ2n) is 4.82. The lowest BCUT2D eigenvalue weighted by molar-refractivity contribution is 0.102. The molecule has 1 amide bonds. The van der Waals surface area contributed by atoms with Crippen molar-refractivity contribution >= 4 is 11.6 Å². The summed E-state index contributed by atoms with van der Waals surface area (Å²) in [6.45, 7) is 2.43. The number of hydrogen-bond donors (Lipinski definition) is 1. The van der Waals surface area contributed by atoms with Gasteiger partial charge in [-0.05, 0) is 37.3 Å². The van der Waals surface area contributed by atoms with Crippen molar-refractivity contribution in [2.75, 3.05) is 33.3 Å². The molecule has 0 saturated heterocycles. The van der Waals surface area contributed by atoms with Gasteiger partial charge < -0.3 is 24.3 Å². The Morgan fingerprint density at radius 3 is 2.12 bits per heavy atom. The van der Waals surface area contributed by atoms with E-state index in [1.54, 1.807) is 50.6 Å². The topological polar surface area (TPSA) is 66.0 Å². The Kier molecular flexibility index (Phi) is 5.89. The summed E-state index contributed by atoms with van der Waals surface area (Å²) in [6.07, 6.45) is 0. The van der Waals surface area contributed by atoms with Crippen LogP contribution < -0.4 is 24.3 Å². The number of ether oxygens (including phenoxy) is 4. The first kappa shape index (κ1) is 17.5. The van der Waals surface area contributed by atoms with Crippen LogP contribution >= 0.6 is 0 Å². The largest absolute Gasteiger partial charge is 0.493 e. The lowest BCUT2D eigenvalue weighted by atomic mass is 10.1. The van der Waals surface area contributed by atoms with E-state index in [4.69, 9.17) is 18.9 Å². The maximum absolute atomic E-state index is 12.4. The average molecular weight is 331 g/mol. The number of hydrogen-bond acceptors (Lipinski definition) is 5. The van der Waals surface area contributed by atoms with Crippen molar-refractivity contribution < 1.29 is 23.7 Å². The van der Waals surface area contributed by atoms with Crippen LogP contribution in [0.3, 0.4) is 0 Å². The summed E-state index contributed by atoms with van der Waals surface area (Å²) < 4.78 is 21.1. The van der Waals surface area contributed by atoms with Crippen LogP contribution in [0, 0.1) is 0 Å². The zero-order valence-corrected chi connectivity index (χ0v) is 14.2. The number of rotatable bonds is 7. The Bertz CT molecular complexity index is 715. The van der Waals surface area contributed by atoms with E-state index in [1.165, 1.54) is 7.11 Å². The summed E-state index contributed by atoms with van der Waals surface area (Å²) in [6, 6.07) is 10.2. The highest BCUT2D eigenvalue weighted by Crippen LogP contribution is 2.31. The van der Waals surface area contributed by atoms with Crippen molar-refractivity contribution in [1.82, 2.24) is 0 Å². The van der Waals surface area contributed by atoms with E-state index >= 15 is 0 Å². The van der Waals surface area contributed by atoms with E-state index < -0.39 is 0 Å². The SMILES string of the molecule is CCOc1ccc(NC(=O)c2ccc(OC)c(OC)c2)cc1OC. The fraction of sp³-hybridized carbons (Fsp3) is 0.278. The molecule has 0 radical (unpaired) electrons. The van der Waals surface area contributed by atoms with Crippen LogP contribution in [-0.2, 0) is 0 Å². The molecule has 0 atom stereocenters. The van der Waals surface area contributed by atoms with Gasteiger partial charge in [-0.15, -0.1) is 0 Å². The fourth-order valence-corrected chi connectivity index (χ4v) is 2.20. The zero-order valence-electron chi connectivity index (χ0n) is 14.2. The molecule has 0 aliphatic carbocycles. The molecule has 128 valence electrons. The van der Waals surface area contributed by atoms with Crippen LogP contribution in [0.15, 0.2) is 36.4 Å². The number of anilines is 1. The Hall–Kier alpha value is -2.89. The summed E-state index contributed by atoms with van der Waals surface area (Å²) in [4.78, 5) is 12.4. The van der Waals surface area contributed by atoms with Crippen LogP contribution in [0.25, 0.3) is 0 Å². The molecule has 2 rings (SSSR count). The van der Waals surface area contributed by atoms with E-state index in [0.29, 0.717) is 40.9 Å². The molecular formula is C18H21NO5. The quantitative estimate of drug-likeness (QED) is 0.843. The van der Waals surface area contributed by atoms with Crippen molar-refractivity contribution in [1.29, 1.82) is 0 Å². The molecule has 0 heterocycles. The highest BCUT2D eigenvalue weighted by molar-refractivity contribution is 6.04. The minimum Gasteiger partial charge on any atom is -0.493 e. The van der Waals surface area contributed by atoms with Gasteiger partial charge >= 0.3 is 0 Å². The minimum atomic E-state index is -0.262. The lowest BCUT2D eigenvalue weighted by Gasteiger charge is -2.12. The Morgan fingerprint density at radius 1 is 0.875 bits per heavy atom. The molecule has 1 N–H and O–H groups in total. The Balaban J connectivity index is 2.20. The van der Waals surface area contributed by atoms with Gasteiger partial charge in [0.25, 0.3) is 5.91 Å². The normalized spacial score (nSPS) is 10.0. The number of carbonyl (C=O) groups is 1. The number of carbonyl (C=O) groups excluding carboxylic acids is 1. The third kappa shape index (κ3) is 3.90. The molecule has 0 aliphatic rings. The molecule has 0 aromatic heterocycles. The first-order chi connectivity index (χ1) is 11.6. The van der Waals surface area contributed by atoms with E-state index in [-0.39, 0.29) is 5.91 Å². The molecule has 6 heteroatoms. The van der Waals surface area contributed by atoms with Crippen molar-refractivity contribution in [3.8, 4) is 23.0 Å². The summed E-state index contributed by atoms with van der Waals surface area (Å²) >= 11 is 0. The average Bonchev–Trinajstić information content (AvgIpc) is 2.62. The molecule has 0 saturated carbocycles. The summed E-state index contributed by atoms with van der Waals surface area (Å²) in [5.41, 5.74) is 1.07. The van der Waals surface area contributed by atoms with Gasteiger partial charge in [0.1, 0.15) is 0 Å². The van der Waals surface area contributed by atoms with Crippen molar-refractivity contribution in [2.24, 2.45) is 0 Å². The summed E-state index contributed by atoms with van der Waals surface area (Å²) in [5.74, 6) is 1.99. The molecule has 2 aromatic rings. The van der Waals surface area contributed by atoms with E-state index in [9.17, 15) is 4.79 Å². The lowest BCUT2D eigenvalue weighted by Crippen LogP contribution is -2.12. The first-order valence-corrected chi connectivity index (χ1v) is 7.47. The van der Waals surface area contributed by atoms with Gasteiger partial charge in [0.15, 0.2) is 23.0 Å². The molecular weight excluding hydrogens is 310 g/mol. The smallest absolute Gasteiger partial charge is 0.255 e. The van der Waals surface area contributed by atoms with Crippen LogP contribution in [0.1, 0.15) is 17.3 Å². The number of methoxy groups -OCH3 is 3. The summed E-state index contributed by atoms with van der Waals surface area (Å²) in [5, 5.41) is 2.82. The standard InChI is InChI=1S/C18H21NO5/c1-5-24-15-9-7-13(11-17(15)23-4)19-18(20)12-6-8-14(21-2)16(10-12)22-3/h6-11H,5H2,1-4H3,(H,19,20). The number of amides is 1. The predicted octanol–water partition coefficient (Wildman–Crippen LogP) is 3.36. The van der Waals surface area contributed by atoms with Gasteiger partial charge in [-0.1, -0.05) is 0 Å². The van der Waals surface area contributed by atoms with Crippen molar-refractivity contribution in [3.63, 3.8) is 0 Å². The summed E-state index contributed by atoms with van der Waals surface area (Å²) in [7, 11) is 4.62. The van der Waals surface area contributed by atoms with E-state index in [0.717, 1.165) is 0 Å². The molecule has 0 aliphatic heterocycles. The molecule has 6 nitrogen and oxygen atoms in total. The van der Waals surface area contributed by atoms with Gasteiger partial charge in [0.2, 0.25) is 0 Å². The number of benzene rings is 2. The fourth-order valence-electron chi connectivity index (χ4n) is 2.20. The molecule has 0 bridgehead atoms. The second kappa shape index (κ2) is 8.10. The molecule has 2 aromatic carbocycles. The van der Waals surface area contributed by atoms with Crippen molar-refractivity contribution in [3.05, 3.63) is 42.0 Å². The number of nitrogens with one attached hydrogen (secondary N) is 1. The Labute approximate surface area is 141 Å². The van der Waals surface area contributed by atoms with Gasteiger partial charge in [-0.25, -0.2) is 0 Å². The van der Waals surface area contributed by atoms with Gasteiger partial charge in [0, 0.05) is 17.3 Å². The van der Waals surface area contributed by atoms with Gasteiger partial charge in [-0.2, -0.15) is 0 Å². The highest BCUT2D eigenvalue weighted by Gasteiger charge is 2.12. The monoisotopic (exact) mass is 331 g/mol. The van der Waals surface area contributed by atoms with Crippen molar-refractivity contribution in [2.45, 2.75) is 6.92 Å². The van der Waals surface area contributed by atoms with Gasteiger partial charge in [-0.3, -0.25) is 4.79 Å². The molecule has 0 unspecified atom stereocenters. The van der Waals surface area contributed by atoms with Crippen LogP contribution in [0.4, 0.5) is 5.69 Å². The van der Waals surface area contributed by atoms with Crippen LogP contribution in [0.5, 0.6) is 23.0 Å². The molecule has 0 fully saturated rings. The van der Waals surface area contributed by atoms with E-state index in [2.05, 4.69) is 5.32 Å². The maximum atomic E-state index is 12.4. The molecule has 0 spiro atoms. The molecule has 24 heavy (non-hydrogen) atoms. The van der Waals surface area contributed by atoms with Gasteiger partial charge in [0.05, 0.1) is 27.9 Å². The third-order valence-electron chi connectivity index (χ3n) is 3.37. The van der Waals surface area contributed by atoms with Crippen LogP contribution in [-0.4, -0.2) is 33.8 Å². The third-order valence-corrected chi connectivity index (χ3v) is 3.37. The highest BCUT2D eigenvalue weighted by atomic mass is 16.5. The maximum Gasteiger partial charge on any atom is 0.255 e. The predicted molar refractivity (Wildman–Crippen MR) is 91.7 cm³/mol. The van der Waals surface area contributed by atoms with E-state index in [1.807, 2.05) is 6.92 Å². The zero-order chi connectivity index (χ0) is 17.5. The second-order valence-corrected chi connectivity index (χ2v) is 4.82. The first-order valence-electron chi connectivity index (χ1n) is 7.47. The minimum absolute atomic E-state index is 0.262.